The second-order valence-electron chi connectivity index (χ2n) is 2.10. The summed E-state index contributed by atoms with van der Waals surface area (Å²) in [5.41, 5.74) is 0. The summed E-state index contributed by atoms with van der Waals surface area (Å²) in [5.74, 6) is -0.304. The molecule has 1 fully saturated rings. The molecule has 1 rings (SSSR count). The van der Waals surface area contributed by atoms with Crippen molar-refractivity contribution in [2.45, 2.75) is 18.9 Å². The van der Waals surface area contributed by atoms with Gasteiger partial charge in [0.15, 0.2) is 0 Å². The van der Waals surface area contributed by atoms with Crippen LogP contribution < -0.4 is 0 Å². The van der Waals surface area contributed by atoms with E-state index in [9.17, 15) is 10.0 Å². The van der Waals surface area contributed by atoms with Crippen LogP contribution in [0.1, 0.15) is 12.8 Å². The molecule has 3 nitrogen and oxygen atoms in total. The molecular weight excluding hydrogens is 118 g/mol. The van der Waals surface area contributed by atoms with Crippen LogP contribution in [0.4, 0.5) is 0 Å². The van der Waals surface area contributed by atoms with Crippen LogP contribution in [0.5, 0.6) is 0 Å². The Morgan fingerprint density at radius 3 is 3.00 bits per heavy atom. The van der Waals surface area contributed by atoms with Crippen LogP contribution in [-0.4, -0.2) is 17.0 Å². The molecule has 1 amide bonds. The van der Waals surface area contributed by atoms with Crippen molar-refractivity contribution < 1.29 is 4.79 Å². The van der Waals surface area contributed by atoms with Gasteiger partial charge in [0.05, 0.1) is 0 Å². The van der Waals surface area contributed by atoms with Crippen molar-refractivity contribution in [3.05, 3.63) is 17.9 Å². The van der Waals surface area contributed by atoms with Crippen molar-refractivity contribution in [1.82, 2.24) is 5.06 Å². The first kappa shape index (κ1) is 6.29. The third kappa shape index (κ3) is 0.954. The van der Waals surface area contributed by atoms with Gasteiger partial charge in [0.25, 0.3) is 0 Å². The zero-order valence-corrected chi connectivity index (χ0v) is 5.04. The van der Waals surface area contributed by atoms with Crippen molar-refractivity contribution in [1.29, 1.82) is 0 Å². The lowest BCUT2D eigenvalue weighted by Gasteiger charge is -2.45. The monoisotopic (exact) mass is 126 g/mol. The van der Waals surface area contributed by atoms with Crippen LogP contribution in [0.3, 0.4) is 0 Å². The maximum atomic E-state index is 10.5. The molecule has 0 N–H and O–H groups in total. The standard InChI is InChI=1S/C6H8NO2/c1-2-3-5-4-6(8)7(5)9/h2,5H,1,3-4H2/q-1. The maximum Gasteiger partial charge on any atom is 0.214 e. The highest BCUT2D eigenvalue weighted by molar-refractivity contribution is 5.83. The lowest BCUT2D eigenvalue weighted by molar-refractivity contribution is -0.141. The summed E-state index contributed by atoms with van der Waals surface area (Å²) >= 11 is 0. The molecule has 0 bridgehead atoms. The SMILES string of the molecule is C=CCC1CC(=O)N1[O-]. The van der Waals surface area contributed by atoms with Gasteiger partial charge in [0, 0.05) is 12.5 Å². The highest BCUT2D eigenvalue weighted by Gasteiger charge is 2.26. The van der Waals surface area contributed by atoms with E-state index in [4.69, 9.17) is 0 Å². The normalized spacial score (nSPS) is 25.7. The fourth-order valence-electron chi connectivity index (χ4n) is 0.837. The second-order valence-corrected chi connectivity index (χ2v) is 2.10. The first-order valence-electron chi connectivity index (χ1n) is 2.86. The van der Waals surface area contributed by atoms with Crippen LogP contribution in [0, 0.1) is 5.21 Å². The average Bonchev–Trinajstić information content (AvgIpc) is 1.88. The van der Waals surface area contributed by atoms with Gasteiger partial charge >= 0.3 is 0 Å². The third-order valence-corrected chi connectivity index (χ3v) is 1.43. The molecule has 9 heavy (non-hydrogen) atoms. The summed E-state index contributed by atoms with van der Waals surface area (Å²) < 4.78 is 0. The average molecular weight is 126 g/mol. The first-order chi connectivity index (χ1) is 4.25. The number of hydroxylamine groups is 2. The van der Waals surface area contributed by atoms with Gasteiger partial charge in [-0.05, 0) is 6.42 Å². The van der Waals surface area contributed by atoms with Crippen molar-refractivity contribution in [2.75, 3.05) is 0 Å². The lowest BCUT2D eigenvalue weighted by Crippen LogP contribution is -2.48. The minimum absolute atomic E-state index is 0.116. The van der Waals surface area contributed by atoms with Crippen molar-refractivity contribution in [2.24, 2.45) is 0 Å². The second kappa shape index (κ2) is 2.19. The fraction of sp³-hybridized carbons (Fsp3) is 0.500. The number of carbonyl (C=O) groups excluding carboxylic acids is 1. The Hall–Kier alpha value is -0.830. The van der Waals surface area contributed by atoms with Crippen LogP contribution >= 0.6 is 0 Å². The molecule has 50 valence electrons. The Balaban J connectivity index is 2.32. The van der Waals surface area contributed by atoms with Crippen molar-refractivity contribution in [3.63, 3.8) is 0 Å². The predicted molar refractivity (Wildman–Crippen MR) is 33.4 cm³/mol. The smallest absolute Gasteiger partial charge is 0.214 e. The number of amides is 1. The Labute approximate surface area is 53.5 Å². The summed E-state index contributed by atoms with van der Waals surface area (Å²) in [4.78, 5) is 10.3. The molecule has 3 heteroatoms. The van der Waals surface area contributed by atoms with Gasteiger partial charge in [-0.1, -0.05) is 6.08 Å². The summed E-state index contributed by atoms with van der Waals surface area (Å²) in [6.07, 6.45) is 2.67. The van der Waals surface area contributed by atoms with E-state index < -0.39 is 0 Å². The Bertz CT molecular complexity index is 142. The number of hydrogen-bond acceptors (Lipinski definition) is 2. The molecule has 0 saturated carbocycles. The van der Waals surface area contributed by atoms with Gasteiger partial charge in [-0.25, -0.2) is 0 Å². The largest absolute Gasteiger partial charge is 0.756 e. The van der Waals surface area contributed by atoms with Crippen LogP contribution in [0.25, 0.3) is 0 Å². The Kier molecular flexibility index (Phi) is 1.53. The minimum atomic E-state index is -0.304. The van der Waals surface area contributed by atoms with E-state index in [0.717, 1.165) is 0 Å². The highest BCUT2D eigenvalue weighted by Crippen LogP contribution is 2.19. The molecule has 1 heterocycles. The Morgan fingerprint density at radius 2 is 2.67 bits per heavy atom. The number of nitrogens with zero attached hydrogens (tertiary/aromatic N) is 1. The third-order valence-electron chi connectivity index (χ3n) is 1.43. The number of hydrogen-bond donors (Lipinski definition) is 0. The van der Waals surface area contributed by atoms with E-state index in [1.807, 2.05) is 0 Å². The van der Waals surface area contributed by atoms with E-state index in [-0.39, 0.29) is 11.9 Å². The quantitative estimate of drug-likeness (QED) is 0.403. The first-order valence-corrected chi connectivity index (χ1v) is 2.86. The topological polar surface area (TPSA) is 43.4 Å². The molecule has 0 aromatic carbocycles. The fourth-order valence-corrected chi connectivity index (χ4v) is 0.837. The zero-order chi connectivity index (χ0) is 6.85. The van der Waals surface area contributed by atoms with Crippen LogP contribution in [0.2, 0.25) is 0 Å². The van der Waals surface area contributed by atoms with Gasteiger partial charge in [0.1, 0.15) is 0 Å². The molecule has 0 aromatic heterocycles. The van der Waals surface area contributed by atoms with Crippen molar-refractivity contribution >= 4 is 5.91 Å². The molecule has 1 atom stereocenters. The van der Waals surface area contributed by atoms with Gasteiger partial charge in [-0.15, -0.1) is 6.58 Å². The minimum Gasteiger partial charge on any atom is -0.756 e. The maximum absolute atomic E-state index is 10.5. The van der Waals surface area contributed by atoms with Crippen molar-refractivity contribution in [3.8, 4) is 0 Å². The van der Waals surface area contributed by atoms with Crippen LogP contribution in [-0.2, 0) is 4.79 Å². The molecule has 0 aliphatic carbocycles. The molecular formula is C6H8NO2-. The molecule has 1 aliphatic heterocycles. The number of carbonyl (C=O) groups is 1. The van der Waals surface area contributed by atoms with Gasteiger partial charge in [-0.2, -0.15) is 0 Å². The van der Waals surface area contributed by atoms with Gasteiger partial charge in [-0.3, -0.25) is 4.79 Å². The lowest BCUT2D eigenvalue weighted by atomic mass is 10.0. The van der Waals surface area contributed by atoms with E-state index in [1.165, 1.54) is 0 Å². The molecule has 0 aromatic rings. The summed E-state index contributed by atoms with van der Waals surface area (Å²) in [6.45, 7) is 3.47. The van der Waals surface area contributed by atoms with E-state index in [1.54, 1.807) is 6.08 Å². The predicted octanol–water partition coefficient (Wildman–Crippen LogP) is 0.661. The van der Waals surface area contributed by atoms with Gasteiger partial charge in [0.2, 0.25) is 5.91 Å². The van der Waals surface area contributed by atoms with Crippen LogP contribution in [0.15, 0.2) is 12.7 Å². The molecule has 1 saturated heterocycles. The van der Waals surface area contributed by atoms with Gasteiger partial charge < -0.3 is 10.3 Å². The summed E-state index contributed by atoms with van der Waals surface area (Å²) in [5, 5.41) is 11.0. The Morgan fingerprint density at radius 1 is 2.00 bits per heavy atom. The number of β-lactam (4-membered cyclic amide) rings is 1. The highest BCUT2D eigenvalue weighted by atomic mass is 16.5. The summed E-state index contributed by atoms with van der Waals surface area (Å²) in [7, 11) is 0. The zero-order valence-electron chi connectivity index (χ0n) is 5.04. The van der Waals surface area contributed by atoms with E-state index in [2.05, 4.69) is 6.58 Å². The van der Waals surface area contributed by atoms with E-state index in [0.29, 0.717) is 17.9 Å². The molecule has 1 unspecified atom stereocenters. The molecule has 0 spiro atoms. The molecule has 1 aliphatic rings. The van der Waals surface area contributed by atoms with E-state index >= 15 is 0 Å². The summed E-state index contributed by atoms with van der Waals surface area (Å²) in [6, 6.07) is -0.116. The number of rotatable bonds is 2. The molecule has 0 radical (unpaired) electrons.